The van der Waals surface area contributed by atoms with Gasteiger partial charge in [-0.25, -0.2) is 0 Å². The van der Waals surface area contributed by atoms with Gasteiger partial charge >= 0.3 is 0 Å². The fourth-order valence-electron chi connectivity index (χ4n) is 3.74. The number of nitrogens with zero attached hydrogens (tertiary/aromatic N) is 1. The Morgan fingerprint density at radius 3 is 2.91 bits per heavy atom. The first-order valence-corrected chi connectivity index (χ1v) is 8.46. The topological polar surface area (TPSA) is 33.7 Å². The molecule has 0 amide bonds. The maximum atomic E-state index is 6.34. The molecule has 1 spiro atoms. The second-order valence-corrected chi connectivity index (χ2v) is 6.84. The second kappa shape index (κ2) is 6.65. The monoisotopic (exact) mass is 324 g/mol. The summed E-state index contributed by atoms with van der Waals surface area (Å²) in [4.78, 5) is 2.53. The van der Waals surface area contributed by atoms with Gasteiger partial charge < -0.3 is 14.8 Å². The van der Waals surface area contributed by atoms with E-state index in [1.165, 1.54) is 24.9 Å². The van der Waals surface area contributed by atoms with E-state index in [9.17, 15) is 0 Å². The van der Waals surface area contributed by atoms with Crippen LogP contribution in [0.3, 0.4) is 0 Å². The zero-order valence-corrected chi connectivity index (χ0v) is 14.2. The standard InChI is InChI=1S/C17H25ClN2O2/c1-3-22-15-9-13(8-14(18)16(15)21-2)10-20-7-5-17(12-20)4-6-19-11-17/h8-9,19H,3-7,10-12H2,1-2H3. The number of rotatable bonds is 5. The summed E-state index contributed by atoms with van der Waals surface area (Å²) in [6.45, 7) is 8.16. The second-order valence-electron chi connectivity index (χ2n) is 6.43. The highest BCUT2D eigenvalue weighted by molar-refractivity contribution is 6.32. The van der Waals surface area contributed by atoms with E-state index in [2.05, 4.69) is 16.3 Å². The smallest absolute Gasteiger partial charge is 0.179 e. The minimum absolute atomic E-state index is 0.499. The van der Waals surface area contributed by atoms with Gasteiger partial charge in [-0.05, 0) is 56.0 Å². The highest BCUT2D eigenvalue weighted by Gasteiger charge is 2.40. The summed E-state index contributed by atoms with van der Waals surface area (Å²) in [7, 11) is 1.63. The molecule has 1 N–H and O–H groups in total. The van der Waals surface area contributed by atoms with Crippen LogP contribution in [-0.2, 0) is 6.54 Å². The zero-order valence-electron chi connectivity index (χ0n) is 13.5. The van der Waals surface area contributed by atoms with Crippen molar-refractivity contribution in [1.82, 2.24) is 10.2 Å². The van der Waals surface area contributed by atoms with Gasteiger partial charge in [0.15, 0.2) is 11.5 Å². The summed E-state index contributed by atoms with van der Waals surface area (Å²) in [6, 6.07) is 4.06. The summed E-state index contributed by atoms with van der Waals surface area (Å²) in [5.41, 5.74) is 1.69. The lowest BCUT2D eigenvalue weighted by molar-refractivity contribution is 0.267. The van der Waals surface area contributed by atoms with Gasteiger partial charge in [0.25, 0.3) is 0 Å². The Morgan fingerprint density at radius 2 is 2.23 bits per heavy atom. The molecule has 2 heterocycles. The molecule has 2 fully saturated rings. The largest absolute Gasteiger partial charge is 0.491 e. The molecule has 1 atom stereocenters. The van der Waals surface area contributed by atoms with Gasteiger partial charge in [0.2, 0.25) is 0 Å². The van der Waals surface area contributed by atoms with E-state index in [0.717, 1.165) is 31.9 Å². The molecule has 2 saturated heterocycles. The first kappa shape index (κ1) is 15.9. The quantitative estimate of drug-likeness (QED) is 0.903. The maximum absolute atomic E-state index is 6.34. The molecule has 5 heteroatoms. The summed E-state index contributed by atoms with van der Waals surface area (Å²) >= 11 is 6.34. The SMILES string of the molecule is CCOc1cc(CN2CCC3(CCNC3)C2)cc(Cl)c1OC. The summed E-state index contributed by atoms with van der Waals surface area (Å²) < 4.78 is 11.0. The van der Waals surface area contributed by atoms with Crippen LogP contribution < -0.4 is 14.8 Å². The molecule has 0 aliphatic carbocycles. The average molecular weight is 325 g/mol. The van der Waals surface area contributed by atoms with Crippen molar-refractivity contribution in [2.24, 2.45) is 5.41 Å². The number of benzene rings is 1. The Morgan fingerprint density at radius 1 is 1.36 bits per heavy atom. The van der Waals surface area contributed by atoms with Crippen LogP contribution in [0.2, 0.25) is 5.02 Å². The van der Waals surface area contributed by atoms with E-state index in [1.807, 2.05) is 13.0 Å². The summed E-state index contributed by atoms with van der Waals surface area (Å²) in [5, 5.41) is 4.13. The van der Waals surface area contributed by atoms with Crippen molar-refractivity contribution in [3.05, 3.63) is 22.7 Å². The molecule has 1 unspecified atom stereocenters. The Hall–Kier alpha value is -0.970. The van der Waals surface area contributed by atoms with Gasteiger partial charge in [0.05, 0.1) is 18.7 Å². The van der Waals surface area contributed by atoms with Crippen LogP contribution in [0.5, 0.6) is 11.5 Å². The number of hydrogen-bond acceptors (Lipinski definition) is 4. The van der Waals surface area contributed by atoms with E-state index in [0.29, 0.717) is 22.8 Å². The fraction of sp³-hybridized carbons (Fsp3) is 0.647. The van der Waals surface area contributed by atoms with E-state index in [1.54, 1.807) is 7.11 Å². The van der Waals surface area contributed by atoms with E-state index in [-0.39, 0.29) is 0 Å². The minimum Gasteiger partial charge on any atom is -0.491 e. The Kier molecular flexibility index (Phi) is 4.81. The molecular weight excluding hydrogens is 300 g/mol. The van der Waals surface area contributed by atoms with Gasteiger partial charge in [0, 0.05) is 19.6 Å². The normalized spacial score (nSPS) is 25.0. The van der Waals surface area contributed by atoms with Crippen LogP contribution in [0.1, 0.15) is 25.3 Å². The average Bonchev–Trinajstić information content (AvgIpc) is 3.10. The number of hydrogen-bond donors (Lipinski definition) is 1. The minimum atomic E-state index is 0.499. The number of ether oxygens (including phenoxy) is 2. The molecule has 0 radical (unpaired) electrons. The van der Waals surface area contributed by atoms with Crippen LogP contribution in [0.15, 0.2) is 12.1 Å². The van der Waals surface area contributed by atoms with Crippen molar-refractivity contribution < 1.29 is 9.47 Å². The number of halogens is 1. The van der Waals surface area contributed by atoms with Crippen LogP contribution >= 0.6 is 11.6 Å². The highest BCUT2D eigenvalue weighted by atomic mass is 35.5. The van der Waals surface area contributed by atoms with Crippen molar-refractivity contribution in [2.75, 3.05) is 39.9 Å². The predicted octanol–water partition coefficient (Wildman–Crippen LogP) is 2.93. The Bertz CT molecular complexity index is 530. The zero-order chi connectivity index (χ0) is 15.6. The molecule has 122 valence electrons. The molecule has 4 nitrogen and oxygen atoms in total. The third kappa shape index (κ3) is 3.19. The Balaban J connectivity index is 1.72. The molecule has 3 rings (SSSR count). The maximum Gasteiger partial charge on any atom is 0.179 e. The number of likely N-dealkylation sites (tertiary alicyclic amines) is 1. The van der Waals surface area contributed by atoms with Crippen LogP contribution in [0, 0.1) is 5.41 Å². The van der Waals surface area contributed by atoms with Crippen LogP contribution in [-0.4, -0.2) is 44.8 Å². The fourth-order valence-corrected chi connectivity index (χ4v) is 4.05. The summed E-state index contributed by atoms with van der Waals surface area (Å²) in [5.74, 6) is 1.37. The van der Waals surface area contributed by atoms with Crippen molar-refractivity contribution in [2.45, 2.75) is 26.3 Å². The first-order valence-electron chi connectivity index (χ1n) is 8.08. The van der Waals surface area contributed by atoms with Crippen LogP contribution in [0.25, 0.3) is 0 Å². The molecule has 0 saturated carbocycles. The number of nitrogens with one attached hydrogen (secondary N) is 1. The van der Waals surface area contributed by atoms with Crippen molar-refractivity contribution >= 4 is 11.6 Å². The van der Waals surface area contributed by atoms with Gasteiger partial charge in [-0.1, -0.05) is 11.6 Å². The Labute approximate surface area is 137 Å². The third-order valence-electron chi connectivity index (χ3n) is 4.83. The van der Waals surface area contributed by atoms with Crippen molar-refractivity contribution in [1.29, 1.82) is 0 Å². The van der Waals surface area contributed by atoms with Crippen molar-refractivity contribution in [3.63, 3.8) is 0 Å². The molecular formula is C17H25ClN2O2. The lowest BCUT2D eigenvalue weighted by Crippen LogP contribution is -2.28. The highest BCUT2D eigenvalue weighted by Crippen LogP contribution is 2.39. The molecule has 2 aliphatic rings. The van der Waals surface area contributed by atoms with E-state index < -0.39 is 0 Å². The molecule has 22 heavy (non-hydrogen) atoms. The predicted molar refractivity (Wildman–Crippen MR) is 89.0 cm³/mol. The first-order chi connectivity index (χ1) is 10.7. The van der Waals surface area contributed by atoms with Crippen molar-refractivity contribution in [3.8, 4) is 11.5 Å². The van der Waals surface area contributed by atoms with Gasteiger partial charge in [-0.3, -0.25) is 4.90 Å². The lowest BCUT2D eigenvalue weighted by atomic mass is 9.86. The van der Waals surface area contributed by atoms with E-state index >= 15 is 0 Å². The lowest BCUT2D eigenvalue weighted by Gasteiger charge is -2.23. The third-order valence-corrected chi connectivity index (χ3v) is 5.11. The van der Waals surface area contributed by atoms with Gasteiger partial charge in [-0.2, -0.15) is 0 Å². The molecule has 1 aromatic rings. The van der Waals surface area contributed by atoms with E-state index in [4.69, 9.17) is 21.1 Å². The molecule has 0 bridgehead atoms. The van der Waals surface area contributed by atoms with Gasteiger partial charge in [-0.15, -0.1) is 0 Å². The molecule has 2 aliphatic heterocycles. The molecule has 1 aromatic carbocycles. The van der Waals surface area contributed by atoms with Crippen LogP contribution in [0.4, 0.5) is 0 Å². The number of methoxy groups -OCH3 is 1. The molecule has 0 aromatic heterocycles. The summed E-state index contributed by atoms with van der Waals surface area (Å²) in [6.07, 6.45) is 2.60. The van der Waals surface area contributed by atoms with Gasteiger partial charge in [0.1, 0.15) is 0 Å².